The average molecular weight is 615 g/mol. The van der Waals surface area contributed by atoms with E-state index < -0.39 is 61.6 Å². The van der Waals surface area contributed by atoms with Crippen LogP contribution in [0.5, 0.6) is 0 Å². The summed E-state index contributed by atoms with van der Waals surface area (Å²) >= 11 is 0. The number of benzene rings is 1. The van der Waals surface area contributed by atoms with Gasteiger partial charge in [0.05, 0.1) is 44.8 Å². The van der Waals surface area contributed by atoms with E-state index in [1.807, 2.05) is 4.90 Å². The molecule has 2 aromatic heterocycles. The molecule has 1 unspecified atom stereocenters. The van der Waals surface area contributed by atoms with E-state index in [-0.39, 0.29) is 35.8 Å². The van der Waals surface area contributed by atoms with Crippen LogP contribution in [-0.2, 0) is 20.9 Å². The highest BCUT2D eigenvalue weighted by Crippen LogP contribution is 2.19. The number of aliphatic carboxylic acids is 1. The summed E-state index contributed by atoms with van der Waals surface area (Å²) in [5.41, 5.74) is 11.9. The fourth-order valence-electron chi connectivity index (χ4n) is 3.91. The third kappa shape index (κ3) is 8.66. The molecule has 44 heavy (non-hydrogen) atoms. The van der Waals surface area contributed by atoms with E-state index in [0.29, 0.717) is 17.8 Å². The number of aromatic nitrogens is 4. The van der Waals surface area contributed by atoms with Gasteiger partial charge in [0.25, 0.3) is 5.91 Å². The first kappa shape index (κ1) is 33.3. The van der Waals surface area contributed by atoms with Crippen LogP contribution < -0.4 is 32.3 Å². The van der Waals surface area contributed by atoms with Gasteiger partial charge >= 0.3 is 5.97 Å². The number of nitrogens with two attached hydrogens (primary N) is 2. The Morgan fingerprint density at radius 2 is 1.64 bits per heavy atom. The second kappa shape index (κ2) is 14.8. The summed E-state index contributed by atoms with van der Waals surface area (Å²) in [6.45, 7) is -2.42. The fraction of sp³-hybridized carbons (Fsp3) is 0.385. The molecule has 1 atom stereocenters. The Morgan fingerprint density at radius 1 is 0.977 bits per heavy atom. The molecule has 0 spiro atoms. The average Bonchev–Trinajstić information content (AvgIpc) is 3.01. The fourth-order valence-corrected chi connectivity index (χ4v) is 3.91. The van der Waals surface area contributed by atoms with Crippen LogP contribution >= 0.6 is 0 Å². The maximum atomic E-state index is 12.7. The first-order chi connectivity index (χ1) is 20.9. The van der Waals surface area contributed by atoms with Crippen LogP contribution in [0.25, 0.3) is 11.2 Å². The Hall–Kier alpha value is -5.20. The maximum Gasteiger partial charge on any atom is 0.326 e. The third-order valence-corrected chi connectivity index (χ3v) is 6.49. The highest BCUT2D eigenvalue weighted by Gasteiger charge is 2.30. The summed E-state index contributed by atoms with van der Waals surface area (Å²) in [7, 11) is 1.79. The molecule has 11 N–H and O–H groups in total. The minimum Gasteiger partial charge on any atom is -0.480 e. The van der Waals surface area contributed by atoms with Gasteiger partial charge in [-0.1, -0.05) is 0 Å². The molecule has 0 radical (unpaired) electrons. The summed E-state index contributed by atoms with van der Waals surface area (Å²) in [5, 5.41) is 44.2. The Labute approximate surface area is 250 Å². The van der Waals surface area contributed by atoms with Crippen LogP contribution in [0, 0.1) is 0 Å². The molecule has 3 rings (SSSR count). The number of aliphatic hydroxyl groups is 3. The van der Waals surface area contributed by atoms with Gasteiger partial charge in [0.2, 0.25) is 17.8 Å². The topological polar surface area (TPSA) is 292 Å². The van der Waals surface area contributed by atoms with Crippen molar-refractivity contribution >= 4 is 52.3 Å². The number of carbonyl (C=O) groups is 4. The van der Waals surface area contributed by atoms with E-state index >= 15 is 0 Å². The Bertz CT molecular complexity index is 1490. The van der Waals surface area contributed by atoms with Crippen molar-refractivity contribution in [2.45, 2.75) is 31.0 Å². The Morgan fingerprint density at radius 3 is 2.25 bits per heavy atom. The van der Waals surface area contributed by atoms with Gasteiger partial charge in [-0.05, 0) is 30.7 Å². The lowest BCUT2D eigenvalue weighted by atomic mass is 10.0. The summed E-state index contributed by atoms with van der Waals surface area (Å²) in [5.74, 6) is -3.39. The number of hydrogen-bond donors (Lipinski definition) is 9. The van der Waals surface area contributed by atoms with E-state index in [4.69, 9.17) is 11.5 Å². The number of carboxylic acids is 1. The number of fused-ring (bicyclic) bond motifs is 1. The minimum atomic E-state index is -1.65. The lowest BCUT2D eigenvalue weighted by molar-refractivity contribution is -0.139. The molecule has 0 bridgehead atoms. The molecule has 236 valence electrons. The molecule has 0 aliphatic heterocycles. The number of hydrogen-bond acceptors (Lipinski definition) is 14. The number of carbonyl (C=O) groups excluding carboxylic acids is 3. The van der Waals surface area contributed by atoms with Crippen molar-refractivity contribution < 1.29 is 39.6 Å². The summed E-state index contributed by atoms with van der Waals surface area (Å²) in [4.78, 5) is 67.0. The number of nitrogens with zero attached hydrogens (tertiary/aromatic N) is 5. The van der Waals surface area contributed by atoms with Crippen molar-refractivity contribution in [2.24, 2.45) is 0 Å². The zero-order valence-electron chi connectivity index (χ0n) is 23.7. The quantitative estimate of drug-likeness (QED) is 0.0831. The molecule has 1 aromatic carbocycles. The zero-order chi connectivity index (χ0) is 32.4. The molecule has 0 fully saturated rings. The second-order valence-electron chi connectivity index (χ2n) is 9.89. The molecule has 3 amide bonds. The molecule has 18 heteroatoms. The largest absolute Gasteiger partial charge is 0.480 e. The van der Waals surface area contributed by atoms with Crippen molar-refractivity contribution in [1.82, 2.24) is 35.9 Å². The van der Waals surface area contributed by atoms with Crippen molar-refractivity contribution in [3.05, 3.63) is 41.7 Å². The predicted octanol–water partition coefficient (Wildman–Crippen LogP) is -2.87. The van der Waals surface area contributed by atoms with Crippen LogP contribution in [0.1, 0.15) is 28.9 Å². The van der Waals surface area contributed by atoms with Crippen molar-refractivity contribution in [2.75, 3.05) is 49.8 Å². The van der Waals surface area contributed by atoms with Crippen LogP contribution in [-0.4, -0.2) is 109 Å². The van der Waals surface area contributed by atoms with E-state index in [0.717, 1.165) is 5.69 Å². The standard InChI is InChI=1S/C26H34N10O8/c1-36(10-15-8-30-22-20(31-15)21(27)33-25(28)34-22)16-4-2-14(3-5-16)23(42)32-17(24(43)44)6-7-18(40)29-9-19(41)35-26(11-37,12-38)13-39/h2-5,8,17,37-39H,6-7,9-13H2,1H3,(H,29,40)(H,32,42)(H,35,41)(H,43,44)(H4,27,28,30,33,34). The van der Waals surface area contributed by atoms with Gasteiger partial charge in [0.15, 0.2) is 17.0 Å². The van der Waals surface area contributed by atoms with Gasteiger partial charge in [-0.25, -0.2) is 14.8 Å². The third-order valence-electron chi connectivity index (χ3n) is 6.49. The van der Waals surface area contributed by atoms with Crippen molar-refractivity contribution in [3.8, 4) is 0 Å². The molecule has 0 saturated carbocycles. The van der Waals surface area contributed by atoms with Gasteiger partial charge < -0.3 is 52.7 Å². The van der Waals surface area contributed by atoms with E-state index in [1.54, 1.807) is 19.2 Å². The molecule has 0 saturated heterocycles. The highest BCUT2D eigenvalue weighted by atomic mass is 16.4. The number of carboxylic acid groups (broad SMARTS) is 1. The number of aliphatic hydroxyl groups excluding tert-OH is 3. The molecular formula is C26H34N10O8. The Kier molecular flexibility index (Phi) is 11.2. The molecule has 0 aliphatic carbocycles. The monoisotopic (exact) mass is 614 g/mol. The number of amides is 3. The Balaban J connectivity index is 1.52. The van der Waals surface area contributed by atoms with Crippen LogP contribution in [0.4, 0.5) is 17.5 Å². The molecule has 2 heterocycles. The second-order valence-corrected chi connectivity index (χ2v) is 9.89. The van der Waals surface area contributed by atoms with E-state index in [1.165, 1.54) is 18.3 Å². The van der Waals surface area contributed by atoms with Gasteiger partial charge in [-0.15, -0.1) is 0 Å². The molecular weight excluding hydrogens is 580 g/mol. The van der Waals surface area contributed by atoms with Crippen molar-refractivity contribution in [1.29, 1.82) is 0 Å². The van der Waals surface area contributed by atoms with Crippen LogP contribution in [0.15, 0.2) is 30.5 Å². The summed E-state index contributed by atoms with van der Waals surface area (Å²) in [6.07, 6.45) is 0.935. The number of nitrogens with one attached hydrogen (secondary N) is 3. The zero-order valence-corrected chi connectivity index (χ0v) is 23.7. The maximum absolute atomic E-state index is 12.7. The normalized spacial score (nSPS) is 11.9. The van der Waals surface area contributed by atoms with Gasteiger partial charge in [0.1, 0.15) is 11.6 Å². The lowest BCUT2D eigenvalue weighted by Crippen LogP contribution is -2.58. The summed E-state index contributed by atoms with van der Waals surface area (Å²) in [6, 6.07) is 4.95. The van der Waals surface area contributed by atoms with E-state index in [2.05, 4.69) is 35.9 Å². The predicted molar refractivity (Wildman–Crippen MR) is 156 cm³/mol. The first-order valence-electron chi connectivity index (χ1n) is 13.2. The minimum absolute atomic E-state index is 0.00802. The molecule has 3 aromatic rings. The van der Waals surface area contributed by atoms with Gasteiger partial charge in [-0.2, -0.15) is 9.97 Å². The van der Waals surface area contributed by atoms with Crippen molar-refractivity contribution in [3.63, 3.8) is 0 Å². The van der Waals surface area contributed by atoms with Crippen LogP contribution in [0.3, 0.4) is 0 Å². The van der Waals surface area contributed by atoms with E-state index in [9.17, 15) is 39.6 Å². The first-order valence-corrected chi connectivity index (χ1v) is 13.2. The summed E-state index contributed by atoms with van der Waals surface area (Å²) < 4.78 is 0. The highest BCUT2D eigenvalue weighted by molar-refractivity contribution is 5.97. The van der Waals surface area contributed by atoms with Crippen LogP contribution in [0.2, 0.25) is 0 Å². The number of rotatable bonds is 15. The van der Waals surface area contributed by atoms with Gasteiger partial charge in [0, 0.05) is 24.7 Å². The smallest absolute Gasteiger partial charge is 0.326 e. The SMILES string of the molecule is CN(Cc1cnc2nc(N)nc(N)c2n1)c1ccc(C(=O)NC(CCC(=O)NCC(=O)NC(CO)(CO)CO)C(=O)O)cc1. The number of nitrogen functional groups attached to an aromatic ring is 2. The molecule has 18 nitrogen and oxygen atoms in total. The number of anilines is 3. The van der Waals surface area contributed by atoms with Gasteiger partial charge in [-0.3, -0.25) is 14.4 Å². The lowest BCUT2D eigenvalue weighted by Gasteiger charge is -2.28. The molecule has 0 aliphatic rings.